The Balaban J connectivity index is 1.87. The number of nitrogens with zero attached hydrogens (tertiary/aromatic N) is 1. The Kier molecular flexibility index (Phi) is 4.97. The Hall–Kier alpha value is -0.650. The van der Waals surface area contributed by atoms with Crippen LogP contribution in [0.15, 0.2) is 0 Å². The van der Waals surface area contributed by atoms with E-state index >= 15 is 0 Å². The lowest BCUT2D eigenvalue weighted by atomic mass is 9.89. The van der Waals surface area contributed by atoms with Gasteiger partial charge in [0, 0.05) is 25.0 Å². The molecule has 5 heteroatoms. The predicted octanol–water partition coefficient (Wildman–Crippen LogP) is 0.788. The fraction of sp³-hybridized carbons (Fsp3) is 0.923. The molecule has 1 saturated carbocycles. The molecule has 104 valence electrons. The lowest BCUT2D eigenvalue weighted by molar-refractivity contribution is -0.122. The van der Waals surface area contributed by atoms with Crippen molar-refractivity contribution in [2.45, 2.75) is 63.6 Å². The first-order chi connectivity index (χ1) is 8.72. The number of rotatable bonds is 4. The average Bonchev–Trinajstić information content (AvgIpc) is 2.43. The lowest BCUT2D eigenvalue weighted by Gasteiger charge is -2.46. The van der Waals surface area contributed by atoms with E-state index in [0.29, 0.717) is 24.6 Å². The Morgan fingerprint density at radius 1 is 1.50 bits per heavy atom. The van der Waals surface area contributed by atoms with Crippen molar-refractivity contribution in [2.24, 2.45) is 5.84 Å². The predicted molar refractivity (Wildman–Crippen MR) is 69.7 cm³/mol. The van der Waals surface area contributed by atoms with E-state index in [1.165, 1.54) is 25.7 Å². The van der Waals surface area contributed by atoms with Gasteiger partial charge in [0.05, 0.1) is 12.7 Å². The molecule has 0 aromatic carbocycles. The molecule has 1 aliphatic carbocycles. The molecule has 3 N–H and O–H groups in total. The first-order valence-electron chi connectivity index (χ1n) is 7.09. The van der Waals surface area contributed by atoms with Gasteiger partial charge in [-0.2, -0.15) is 0 Å². The SMILES string of the molecule is CC(CCC(=O)NN)N1CCOC2CCCCC21. The molecule has 1 aliphatic heterocycles. The third-order valence-electron chi connectivity index (χ3n) is 4.29. The Morgan fingerprint density at radius 3 is 3.06 bits per heavy atom. The number of ether oxygens (including phenoxy) is 1. The van der Waals surface area contributed by atoms with Crippen molar-refractivity contribution in [3.63, 3.8) is 0 Å². The van der Waals surface area contributed by atoms with E-state index < -0.39 is 0 Å². The monoisotopic (exact) mass is 255 g/mol. The minimum Gasteiger partial charge on any atom is -0.375 e. The van der Waals surface area contributed by atoms with Gasteiger partial charge < -0.3 is 4.74 Å². The quantitative estimate of drug-likeness (QED) is 0.443. The third-order valence-corrected chi connectivity index (χ3v) is 4.29. The summed E-state index contributed by atoms with van der Waals surface area (Å²) in [5.41, 5.74) is 2.20. The minimum atomic E-state index is -0.0738. The fourth-order valence-corrected chi connectivity index (χ4v) is 3.25. The summed E-state index contributed by atoms with van der Waals surface area (Å²) in [6.45, 7) is 4.03. The van der Waals surface area contributed by atoms with Gasteiger partial charge in [-0.25, -0.2) is 5.84 Å². The fourth-order valence-electron chi connectivity index (χ4n) is 3.25. The number of amides is 1. The van der Waals surface area contributed by atoms with E-state index in [0.717, 1.165) is 19.6 Å². The molecule has 2 rings (SSSR count). The van der Waals surface area contributed by atoms with Gasteiger partial charge in [0.25, 0.3) is 0 Å². The highest BCUT2D eigenvalue weighted by Crippen LogP contribution is 2.30. The van der Waals surface area contributed by atoms with E-state index in [4.69, 9.17) is 10.6 Å². The number of carbonyl (C=O) groups excluding carboxylic acids is 1. The van der Waals surface area contributed by atoms with Gasteiger partial charge in [0.2, 0.25) is 5.91 Å². The molecule has 0 aromatic rings. The summed E-state index contributed by atoms with van der Waals surface area (Å²) in [6.07, 6.45) is 6.81. The molecule has 0 bridgehead atoms. The smallest absolute Gasteiger partial charge is 0.233 e. The van der Waals surface area contributed by atoms with E-state index in [2.05, 4.69) is 17.2 Å². The van der Waals surface area contributed by atoms with Crippen LogP contribution in [0.25, 0.3) is 0 Å². The summed E-state index contributed by atoms with van der Waals surface area (Å²) in [4.78, 5) is 13.7. The van der Waals surface area contributed by atoms with E-state index in [1.807, 2.05) is 0 Å². The lowest BCUT2D eigenvalue weighted by Crippen LogP contribution is -2.55. The zero-order valence-electron chi connectivity index (χ0n) is 11.2. The molecule has 0 radical (unpaired) electrons. The molecule has 2 fully saturated rings. The second kappa shape index (κ2) is 6.50. The molecule has 5 nitrogen and oxygen atoms in total. The van der Waals surface area contributed by atoms with E-state index in [1.54, 1.807) is 0 Å². The molecule has 0 aromatic heterocycles. The highest BCUT2D eigenvalue weighted by atomic mass is 16.5. The van der Waals surface area contributed by atoms with E-state index in [9.17, 15) is 4.79 Å². The number of hydrogen-bond acceptors (Lipinski definition) is 4. The maximum Gasteiger partial charge on any atom is 0.233 e. The number of nitrogens with two attached hydrogens (primary N) is 1. The zero-order valence-corrected chi connectivity index (χ0v) is 11.2. The van der Waals surface area contributed by atoms with Crippen molar-refractivity contribution in [3.05, 3.63) is 0 Å². The number of morpholine rings is 1. The van der Waals surface area contributed by atoms with Crippen LogP contribution in [0.3, 0.4) is 0 Å². The van der Waals surface area contributed by atoms with Crippen LogP contribution in [0.4, 0.5) is 0 Å². The molecular weight excluding hydrogens is 230 g/mol. The highest BCUT2D eigenvalue weighted by Gasteiger charge is 2.36. The molecule has 2 aliphatic rings. The standard InChI is InChI=1S/C13H25N3O2/c1-10(6-7-13(17)15-14)16-8-9-18-12-5-3-2-4-11(12)16/h10-12H,2-9,14H2,1H3,(H,15,17). The van der Waals surface area contributed by atoms with E-state index in [-0.39, 0.29) is 5.91 Å². The number of fused-ring (bicyclic) bond motifs is 1. The summed E-state index contributed by atoms with van der Waals surface area (Å²) in [5, 5.41) is 0. The second-order valence-corrected chi connectivity index (χ2v) is 5.45. The van der Waals surface area contributed by atoms with Crippen molar-refractivity contribution in [1.82, 2.24) is 10.3 Å². The number of nitrogens with one attached hydrogen (secondary N) is 1. The van der Waals surface area contributed by atoms with Crippen LogP contribution in [0, 0.1) is 0 Å². The molecule has 1 amide bonds. The van der Waals surface area contributed by atoms with Gasteiger partial charge in [-0.15, -0.1) is 0 Å². The van der Waals surface area contributed by atoms with Gasteiger partial charge in [0.15, 0.2) is 0 Å². The molecule has 18 heavy (non-hydrogen) atoms. The van der Waals surface area contributed by atoms with Crippen LogP contribution < -0.4 is 11.3 Å². The molecular formula is C13H25N3O2. The number of carbonyl (C=O) groups is 1. The first-order valence-corrected chi connectivity index (χ1v) is 7.09. The van der Waals surface area contributed by atoms with Gasteiger partial charge in [-0.3, -0.25) is 15.1 Å². The highest BCUT2D eigenvalue weighted by molar-refractivity contribution is 5.75. The summed E-state index contributed by atoms with van der Waals surface area (Å²) in [6, 6.07) is 0.986. The second-order valence-electron chi connectivity index (χ2n) is 5.45. The van der Waals surface area contributed by atoms with Crippen molar-refractivity contribution in [1.29, 1.82) is 0 Å². The Morgan fingerprint density at radius 2 is 2.28 bits per heavy atom. The Bertz CT molecular complexity index is 283. The van der Waals surface area contributed by atoms with Gasteiger partial charge >= 0.3 is 0 Å². The third kappa shape index (κ3) is 3.22. The maximum atomic E-state index is 11.2. The van der Waals surface area contributed by atoms with Crippen LogP contribution >= 0.6 is 0 Å². The Labute approximate surface area is 109 Å². The van der Waals surface area contributed by atoms with Crippen molar-refractivity contribution in [2.75, 3.05) is 13.2 Å². The van der Waals surface area contributed by atoms with Crippen LogP contribution in [-0.2, 0) is 9.53 Å². The van der Waals surface area contributed by atoms with Crippen LogP contribution in [0.2, 0.25) is 0 Å². The first kappa shape index (κ1) is 13.8. The van der Waals surface area contributed by atoms with Gasteiger partial charge in [0.1, 0.15) is 0 Å². The molecule has 3 atom stereocenters. The number of hydrogen-bond donors (Lipinski definition) is 2. The van der Waals surface area contributed by atoms with Gasteiger partial charge in [-0.1, -0.05) is 12.8 Å². The summed E-state index contributed by atoms with van der Waals surface area (Å²) < 4.78 is 5.87. The molecule has 0 spiro atoms. The topological polar surface area (TPSA) is 67.6 Å². The summed E-state index contributed by atoms with van der Waals surface area (Å²) in [7, 11) is 0. The zero-order chi connectivity index (χ0) is 13.0. The minimum absolute atomic E-state index is 0.0738. The van der Waals surface area contributed by atoms with Crippen LogP contribution in [-0.4, -0.2) is 42.1 Å². The molecule has 1 saturated heterocycles. The summed E-state index contributed by atoms with van der Waals surface area (Å²) in [5.74, 6) is 5.04. The number of hydrazine groups is 1. The van der Waals surface area contributed by atoms with Crippen molar-refractivity contribution < 1.29 is 9.53 Å². The van der Waals surface area contributed by atoms with Gasteiger partial charge in [-0.05, 0) is 26.2 Å². The van der Waals surface area contributed by atoms with Crippen LogP contribution in [0.5, 0.6) is 0 Å². The van der Waals surface area contributed by atoms with Crippen LogP contribution in [0.1, 0.15) is 45.4 Å². The van der Waals surface area contributed by atoms with Crippen molar-refractivity contribution in [3.8, 4) is 0 Å². The molecule has 3 unspecified atom stereocenters. The average molecular weight is 255 g/mol. The maximum absolute atomic E-state index is 11.2. The molecule has 1 heterocycles. The largest absolute Gasteiger partial charge is 0.375 e. The summed E-state index contributed by atoms with van der Waals surface area (Å²) >= 11 is 0. The normalized spacial score (nSPS) is 30.6. The van der Waals surface area contributed by atoms with Crippen molar-refractivity contribution >= 4 is 5.91 Å².